The molecule has 0 aliphatic carbocycles. The van der Waals surface area contributed by atoms with E-state index in [4.69, 9.17) is 0 Å². The Balaban J connectivity index is 4.27. The van der Waals surface area contributed by atoms with Crippen LogP contribution in [0.1, 0.15) is 60.3 Å². The molecule has 0 radical (unpaired) electrons. The van der Waals surface area contributed by atoms with Crippen molar-refractivity contribution in [3.05, 3.63) is 12.2 Å². The molecule has 0 aromatic carbocycles. The highest BCUT2D eigenvalue weighted by Gasteiger charge is 2.27. The molecular weight excluding hydrogens is 156 g/mol. The third-order valence-electron chi connectivity index (χ3n) is 3.47. The molecule has 0 heterocycles. The third-order valence-corrected chi connectivity index (χ3v) is 3.47. The Hall–Kier alpha value is -0.260. The first-order valence-electron chi connectivity index (χ1n) is 5.60. The van der Waals surface area contributed by atoms with Crippen LogP contribution in [0.5, 0.6) is 0 Å². The van der Waals surface area contributed by atoms with Crippen molar-refractivity contribution in [3.63, 3.8) is 0 Å². The maximum absolute atomic E-state index is 4.00. The van der Waals surface area contributed by atoms with Gasteiger partial charge in [0.05, 0.1) is 0 Å². The van der Waals surface area contributed by atoms with Crippen LogP contribution in [-0.2, 0) is 0 Å². The molecule has 0 aliphatic rings. The molecule has 2 unspecified atom stereocenters. The predicted octanol–water partition coefficient (Wildman–Crippen LogP) is 4.81. The van der Waals surface area contributed by atoms with Crippen LogP contribution in [0.4, 0.5) is 0 Å². The molecule has 0 rings (SSSR count). The fraction of sp³-hybridized carbons (Fsp3) is 0.846. The standard InChI is InChI=1S/C13H26/c1-7-9-13(6,8-2)12(5)10-11(3)4/h12H,3,7-10H2,1-2,4-6H3. The molecule has 0 spiro atoms. The lowest BCUT2D eigenvalue weighted by molar-refractivity contribution is 0.172. The Morgan fingerprint density at radius 1 is 1.38 bits per heavy atom. The van der Waals surface area contributed by atoms with E-state index in [-0.39, 0.29) is 0 Å². The van der Waals surface area contributed by atoms with Gasteiger partial charge in [0, 0.05) is 0 Å². The smallest absolute Gasteiger partial charge is 0.0295 e. The number of hydrogen-bond donors (Lipinski definition) is 0. The summed E-state index contributed by atoms with van der Waals surface area (Å²) in [5.41, 5.74) is 1.84. The summed E-state index contributed by atoms with van der Waals surface area (Å²) in [6.07, 6.45) is 5.11. The van der Waals surface area contributed by atoms with E-state index in [0.717, 1.165) is 5.92 Å². The summed E-state index contributed by atoms with van der Waals surface area (Å²) in [5.74, 6) is 0.773. The maximum Gasteiger partial charge on any atom is -0.0295 e. The lowest BCUT2D eigenvalue weighted by atomic mass is 9.70. The van der Waals surface area contributed by atoms with Gasteiger partial charge in [0.25, 0.3) is 0 Å². The second-order valence-corrected chi connectivity index (χ2v) is 4.82. The molecule has 78 valence electrons. The largest absolute Gasteiger partial charge is 0.100 e. The first kappa shape index (κ1) is 12.7. The maximum atomic E-state index is 4.00. The van der Waals surface area contributed by atoms with Crippen LogP contribution in [0, 0.1) is 11.3 Å². The van der Waals surface area contributed by atoms with Gasteiger partial charge in [-0.1, -0.05) is 46.1 Å². The molecule has 0 bridgehead atoms. The molecule has 0 aromatic heterocycles. The first-order chi connectivity index (χ1) is 5.96. The van der Waals surface area contributed by atoms with Crippen molar-refractivity contribution in [2.45, 2.75) is 60.3 Å². The SMILES string of the molecule is C=C(C)CC(C)C(C)(CC)CCC. The topological polar surface area (TPSA) is 0 Å². The predicted molar refractivity (Wildman–Crippen MR) is 61.9 cm³/mol. The molecule has 0 fully saturated rings. The highest BCUT2D eigenvalue weighted by Crippen LogP contribution is 2.38. The molecule has 0 aromatic rings. The Bertz CT molecular complexity index is 157. The van der Waals surface area contributed by atoms with Crippen molar-refractivity contribution < 1.29 is 0 Å². The average molecular weight is 182 g/mol. The summed E-state index contributed by atoms with van der Waals surface area (Å²) >= 11 is 0. The molecule has 0 N–H and O–H groups in total. The van der Waals surface area contributed by atoms with Gasteiger partial charge in [-0.25, -0.2) is 0 Å². The molecule has 0 aliphatic heterocycles. The van der Waals surface area contributed by atoms with Gasteiger partial charge in [0.2, 0.25) is 0 Å². The zero-order valence-corrected chi connectivity index (χ0v) is 10.1. The van der Waals surface area contributed by atoms with Crippen LogP contribution in [-0.4, -0.2) is 0 Å². The second kappa shape index (κ2) is 5.47. The van der Waals surface area contributed by atoms with E-state index in [1.807, 2.05) is 0 Å². The molecule has 2 atom stereocenters. The fourth-order valence-corrected chi connectivity index (χ4v) is 2.11. The van der Waals surface area contributed by atoms with Gasteiger partial charge < -0.3 is 0 Å². The minimum atomic E-state index is 0.522. The quantitative estimate of drug-likeness (QED) is 0.517. The van der Waals surface area contributed by atoms with Gasteiger partial charge in [-0.05, 0) is 31.1 Å². The molecule has 0 amide bonds. The minimum absolute atomic E-state index is 0.522. The zero-order chi connectivity index (χ0) is 10.5. The molecular formula is C13H26. The molecule has 0 saturated heterocycles. The number of hydrogen-bond acceptors (Lipinski definition) is 0. The van der Waals surface area contributed by atoms with Crippen molar-refractivity contribution in [2.75, 3.05) is 0 Å². The molecule has 0 saturated carbocycles. The molecule has 0 nitrogen and oxygen atoms in total. The van der Waals surface area contributed by atoms with E-state index in [2.05, 4.69) is 41.2 Å². The van der Waals surface area contributed by atoms with Gasteiger partial charge >= 0.3 is 0 Å². The fourth-order valence-electron chi connectivity index (χ4n) is 2.11. The first-order valence-corrected chi connectivity index (χ1v) is 5.60. The van der Waals surface area contributed by atoms with Crippen molar-refractivity contribution >= 4 is 0 Å². The van der Waals surface area contributed by atoms with Crippen molar-refractivity contribution in [1.82, 2.24) is 0 Å². The summed E-state index contributed by atoms with van der Waals surface area (Å²) in [6.45, 7) is 15.5. The monoisotopic (exact) mass is 182 g/mol. The minimum Gasteiger partial charge on any atom is -0.100 e. The Labute approximate surface area is 84.4 Å². The van der Waals surface area contributed by atoms with Crippen molar-refractivity contribution in [2.24, 2.45) is 11.3 Å². The lowest BCUT2D eigenvalue weighted by Gasteiger charge is -2.35. The van der Waals surface area contributed by atoms with Gasteiger partial charge in [-0.15, -0.1) is 6.58 Å². The summed E-state index contributed by atoms with van der Waals surface area (Å²) in [4.78, 5) is 0. The van der Waals surface area contributed by atoms with Crippen LogP contribution in [0.25, 0.3) is 0 Å². The van der Waals surface area contributed by atoms with Crippen molar-refractivity contribution in [3.8, 4) is 0 Å². The molecule has 13 heavy (non-hydrogen) atoms. The summed E-state index contributed by atoms with van der Waals surface area (Å²) in [6, 6.07) is 0. The average Bonchev–Trinajstić information content (AvgIpc) is 2.03. The molecule has 0 heteroatoms. The van der Waals surface area contributed by atoms with Gasteiger partial charge in [-0.3, -0.25) is 0 Å². The van der Waals surface area contributed by atoms with E-state index in [1.54, 1.807) is 0 Å². The third kappa shape index (κ3) is 3.97. The Kier molecular flexibility index (Phi) is 5.36. The van der Waals surface area contributed by atoms with Crippen molar-refractivity contribution in [1.29, 1.82) is 0 Å². The lowest BCUT2D eigenvalue weighted by Crippen LogP contribution is -2.24. The van der Waals surface area contributed by atoms with E-state index in [9.17, 15) is 0 Å². The van der Waals surface area contributed by atoms with Gasteiger partial charge in [0.15, 0.2) is 0 Å². The van der Waals surface area contributed by atoms with Crippen LogP contribution in [0.15, 0.2) is 12.2 Å². The van der Waals surface area contributed by atoms with Crippen LogP contribution in [0.2, 0.25) is 0 Å². The van der Waals surface area contributed by atoms with E-state index >= 15 is 0 Å². The van der Waals surface area contributed by atoms with Gasteiger partial charge in [-0.2, -0.15) is 0 Å². The Morgan fingerprint density at radius 2 is 1.92 bits per heavy atom. The van der Waals surface area contributed by atoms with Gasteiger partial charge in [0.1, 0.15) is 0 Å². The highest BCUT2D eigenvalue weighted by molar-refractivity contribution is 4.93. The summed E-state index contributed by atoms with van der Waals surface area (Å²) in [7, 11) is 0. The van der Waals surface area contributed by atoms with E-state index in [0.29, 0.717) is 5.41 Å². The summed E-state index contributed by atoms with van der Waals surface area (Å²) in [5, 5.41) is 0. The van der Waals surface area contributed by atoms with Crippen LogP contribution in [0.3, 0.4) is 0 Å². The number of allylic oxidation sites excluding steroid dienone is 1. The summed E-state index contributed by atoms with van der Waals surface area (Å²) < 4.78 is 0. The van der Waals surface area contributed by atoms with E-state index in [1.165, 1.54) is 31.3 Å². The Morgan fingerprint density at radius 3 is 2.23 bits per heavy atom. The van der Waals surface area contributed by atoms with E-state index < -0.39 is 0 Å². The number of rotatable bonds is 6. The van der Waals surface area contributed by atoms with Crippen LogP contribution >= 0.6 is 0 Å². The second-order valence-electron chi connectivity index (χ2n) is 4.82. The normalized spacial score (nSPS) is 17.9. The highest BCUT2D eigenvalue weighted by atomic mass is 14.3. The zero-order valence-electron chi connectivity index (χ0n) is 10.1. The van der Waals surface area contributed by atoms with Crippen LogP contribution < -0.4 is 0 Å².